The molecule has 5 nitrogen and oxygen atoms in total. The summed E-state index contributed by atoms with van der Waals surface area (Å²) in [5, 5.41) is 3.32. The van der Waals surface area contributed by atoms with Gasteiger partial charge in [0.15, 0.2) is 0 Å². The van der Waals surface area contributed by atoms with E-state index in [9.17, 15) is 0 Å². The SMILES string of the molecule is [Cu].c1ccc(-c2cccc(-n3c4ccccc4c4cc5cccc(-c6ccccn6)c5nc43)n2)nc1. The Balaban J connectivity index is 0.00000240. The van der Waals surface area contributed by atoms with E-state index in [4.69, 9.17) is 9.97 Å². The zero-order valence-electron chi connectivity index (χ0n) is 19.0. The number of rotatable bonds is 3. The van der Waals surface area contributed by atoms with Gasteiger partial charge >= 0.3 is 0 Å². The van der Waals surface area contributed by atoms with Gasteiger partial charge in [-0.05, 0) is 48.5 Å². The molecule has 0 amide bonds. The number of benzene rings is 2. The summed E-state index contributed by atoms with van der Waals surface area (Å²) >= 11 is 0. The number of nitrogens with zero attached hydrogens (tertiary/aromatic N) is 5. The quantitative estimate of drug-likeness (QED) is 0.243. The molecule has 0 saturated heterocycles. The van der Waals surface area contributed by atoms with E-state index < -0.39 is 0 Å². The Hall–Kier alpha value is -4.38. The molecule has 0 atom stereocenters. The number of hydrogen-bond acceptors (Lipinski definition) is 4. The van der Waals surface area contributed by atoms with Crippen LogP contribution in [-0.4, -0.2) is 24.5 Å². The summed E-state index contributed by atoms with van der Waals surface area (Å²) in [6.45, 7) is 0. The summed E-state index contributed by atoms with van der Waals surface area (Å²) in [4.78, 5) is 19.3. The van der Waals surface area contributed by atoms with Gasteiger partial charge in [0.2, 0.25) is 0 Å². The first-order valence-electron chi connectivity index (χ1n) is 11.5. The third-order valence-electron chi connectivity index (χ3n) is 6.30. The van der Waals surface area contributed by atoms with Gasteiger partial charge in [0.1, 0.15) is 11.5 Å². The van der Waals surface area contributed by atoms with Crippen LogP contribution in [0.15, 0.2) is 116 Å². The second-order valence-electron chi connectivity index (χ2n) is 8.40. The molecule has 7 rings (SSSR count). The first kappa shape index (κ1) is 22.1. The topological polar surface area (TPSA) is 56.5 Å². The molecule has 175 valence electrons. The van der Waals surface area contributed by atoms with E-state index in [0.29, 0.717) is 0 Å². The van der Waals surface area contributed by atoms with Crippen LogP contribution in [0, 0.1) is 0 Å². The van der Waals surface area contributed by atoms with Gasteiger partial charge in [-0.2, -0.15) is 0 Å². The van der Waals surface area contributed by atoms with Gasteiger partial charge in [-0.3, -0.25) is 14.5 Å². The van der Waals surface area contributed by atoms with Crippen LogP contribution in [0.4, 0.5) is 0 Å². The van der Waals surface area contributed by atoms with Crippen molar-refractivity contribution >= 4 is 32.8 Å². The molecule has 0 saturated carbocycles. The maximum atomic E-state index is 5.24. The smallest absolute Gasteiger partial charge is 0.147 e. The average molecular weight is 513 g/mol. The molecule has 0 unspecified atom stereocenters. The molecule has 1 radical (unpaired) electrons. The second kappa shape index (κ2) is 9.00. The van der Waals surface area contributed by atoms with Gasteiger partial charge in [0.05, 0.1) is 28.1 Å². The minimum Gasteiger partial charge on any atom is -0.278 e. The normalized spacial score (nSPS) is 11.1. The fraction of sp³-hybridized carbons (Fsp3) is 0. The molecule has 0 bridgehead atoms. The van der Waals surface area contributed by atoms with Gasteiger partial charge in [0, 0.05) is 51.2 Å². The number of aromatic nitrogens is 5. The van der Waals surface area contributed by atoms with Crippen LogP contribution in [0.25, 0.3) is 61.3 Å². The number of pyridine rings is 4. The van der Waals surface area contributed by atoms with Crippen molar-refractivity contribution < 1.29 is 17.1 Å². The van der Waals surface area contributed by atoms with Crippen LogP contribution in [0.1, 0.15) is 0 Å². The van der Waals surface area contributed by atoms with E-state index in [1.807, 2.05) is 60.8 Å². The van der Waals surface area contributed by atoms with E-state index in [1.165, 1.54) is 0 Å². The fourth-order valence-electron chi connectivity index (χ4n) is 4.73. The van der Waals surface area contributed by atoms with E-state index >= 15 is 0 Å². The van der Waals surface area contributed by atoms with E-state index in [-0.39, 0.29) is 17.1 Å². The fourth-order valence-corrected chi connectivity index (χ4v) is 4.73. The average Bonchev–Trinajstić information content (AvgIpc) is 3.26. The Kier molecular flexibility index (Phi) is 5.53. The van der Waals surface area contributed by atoms with Crippen molar-refractivity contribution in [1.82, 2.24) is 24.5 Å². The first-order chi connectivity index (χ1) is 17.4. The maximum absolute atomic E-state index is 5.24. The molecule has 5 aromatic heterocycles. The first-order valence-corrected chi connectivity index (χ1v) is 11.5. The third-order valence-corrected chi connectivity index (χ3v) is 6.30. The van der Waals surface area contributed by atoms with Crippen LogP contribution in [0.5, 0.6) is 0 Å². The largest absolute Gasteiger partial charge is 0.278 e. The van der Waals surface area contributed by atoms with E-state index in [0.717, 1.165) is 61.3 Å². The summed E-state index contributed by atoms with van der Waals surface area (Å²) in [6.07, 6.45) is 3.60. The van der Waals surface area contributed by atoms with Gasteiger partial charge in [-0.15, -0.1) is 0 Å². The molecule has 0 aliphatic heterocycles. The molecule has 0 aliphatic rings. The monoisotopic (exact) mass is 512 g/mol. The minimum atomic E-state index is 0. The number of hydrogen-bond donors (Lipinski definition) is 0. The molecule has 0 fully saturated rings. The molecule has 2 aromatic carbocycles. The molecule has 7 aromatic rings. The van der Waals surface area contributed by atoms with Crippen molar-refractivity contribution in [3.63, 3.8) is 0 Å². The summed E-state index contributed by atoms with van der Waals surface area (Å²) < 4.78 is 2.14. The Labute approximate surface area is 218 Å². The molecule has 6 heteroatoms. The summed E-state index contributed by atoms with van der Waals surface area (Å²) in [6, 6.07) is 34.7. The Morgan fingerprint density at radius 1 is 0.556 bits per heavy atom. The van der Waals surface area contributed by atoms with Crippen LogP contribution in [-0.2, 0) is 17.1 Å². The molecule has 36 heavy (non-hydrogen) atoms. The van der Waals surface area contributed by atoms with Gasteiger partial charge in [-0.1, -0.05) is 54.6 Å². The van der Waals surface area contributed by atoms with E-state index in [2.05, 4.69) is 63.1 Å². The molecule has 0 aliphatic carbocycles. The Bertz CT molecular complexity index is 1850. The number of para-hydroxylation sites is 2. The molecule has 5 heterocycles. The van der Waals surface area contributed by atoms with Crippen LogP contribution in [0.3, 0.4) is 0 Å². The van der Waals surface area contributed by atoms with Crippen molar-refractivity contribution in [2.24, 2.45) is 0 Å². The summed E-state index contributed by atoms with van der Waals surface area (Å²) in [5.41, 5.74) is 6.43. The Morgan fingerprint density at radius 2 is 1.28 bits per heavy atom. The zero-order chi connectivity index (χ0) is 23.2. The van der Waals surface area contributed by atoms with Crippen molar-refractivity contribution in [2.75, 3.05) is 0 Å². The molecular weight excluding hydrogens is 494 g/mol. The van der Waals surface area contributed by atoms with Gasteiger partial charge < -0.3 is 0 Å². The Morgan fingerprint density at radius 3 is 2.08 bits per heavy atom. The minimum absolute atomic E-state index is 0. The molecule has 0 N–H and O–H groups in total. The molecular formula is C30H19CuN5. The third kappa shape index (κ3) is 3.55. The maximum Gasteiger partial charge on any atom is 0.147 e. The predicted octanol–water partition coefficient (Wildman–Crippen LogP) is 6.85. The van der Waals surface area contributed by atoms with Crippen LogP contribution in [0.2, 0.25) is 0 Å². The molecule has 0 spiro atoms. The zero-order valence-corrected chi connectivity index (χ0v) is 19.9. The van der Waals surface area contributed by atoms with Crippen LogP contribution < -0.4 is 0 Å². The standard InChI is InChI=1S/C30H19N5.Cu/c1-2-15-27-21(10-1)23-19-20-9-7-11-22(24-12-3-5-17-31-24)29(20)34-30(23)35(27)28-16-8-14-26(33-28)25-13-4-6-18-32-25;/h1-19H;. The van der Waals surface area contributed by atoms with Crippen molar-refractivity contribution in [2.45, 2.75) is 0 Å². The van der Waals surface area contributed by atoms with E-state index in [1.54, 1.807) is 6.20 Å². The second-order valence-corrected chi connectivity index (χ2v) is 8.40. The van der Waals surface area contributed by atoms with Crippen molar-refractivity contribution in [3.05, 3.63) is 116 Å². The van der Waals surface area contributed by atoms with Gasteiger partial charge in [0.25, 0.3) is 0 Å². The summed E-state index contributed by atoms with van der Waals surface area (Å²) in [5.74, 6) is 0.807. The van der Waals surface area contributed by atoms with Crippen LogP contribution >= 0.6 is 0 Å². The predicted molar refractivity (Wildman–Crippen MR) is 140 cm³/mol. The number of fused-ring (bicyclic) bond motifs is 4. The summed E-state index contributed by atoms with van der Waals surface area (Å²) in [7, 11) is 0. The van der Waals surface area contributed by atoms with Crippen molar-refractivity contribution in [1.29, 1.82) is 0 Å². The van der Waals surface area contributed by atoms with Gasteiger partial charge in [-0.25, -0.2) is 9.97 Å². The van der Waals surface area contributed by atoms with Crippen molar-refractivity contribution in [3.8, 4) is 28.5 Å².